The van der Waals surface area contributed by atoms with Crippen molar-refractivity contribution in [1.29, 1.82) is 0 Å². The standard InChI is InChI=1S/C32H31ClF3N5O2/c33-24-11-23-29(28(36)27(24)22-10-21(42)9-17-3-1-4-25(35)26(17)22)38-31(39-30(23)40-14-19-5-6-20(15-40)37-19)43-16-32-7-2-8-41(32)13-18(34)12-32/h1,3-4,9-11,18-20,37,42H,2,5-8,12-16H2/t18-,19?,20?,32?/m1/s1. The molecule has 4 aromatic rings. The fraction of sp³-hybridized carbons (Fsp3) is 0.438. The van der Waals surface area contributed by atoms with E-state index in [0.29, 0.717) is 54.7 Å². The first kappa shape index (κ1) is 27.2. The van der Waals surface area contributed by atoms with Crippen molar-refractivity contribution in [2.24, 2.45) is 0 Å². The van der Waals surface area contributed by atoms with Crippen LogP contribution in [0.4, 0.5) is 19.0 Å². The molecule has 0 saturated carbocycles. The van der Waals surface area contributed by atoms with Crippen LogP contribution in [0.2, 0.25) is 5.02 Å². The number of fused-ring (bicyclic) bond motifs is 5. The number of hydrogen-bond donors (Lipinski definition) is 2. The molecule has 0 amide bonds. The normalized spacial score (nSPS) is 27.0. The highest BCUT2D eigenvalue weighted by Gasteiger charge is 2.49. The molecule has 4 aliphatic rings. The van der Waals surface area contributed by atoms with E-state index in [1.165, 1.54) is 24.3 Å². The summed E-state index contributed by atoms with van der Waals surface area (Å²) in [6.07, 6.45) is 3.36. The minimum absolute atomic E-state index is 0.00585. The summed E-state index contributed by atoms with van der Waals surface area (Å²) >= 11 is 6.79. The van der Waals surface area contributed by atoms with Crippen LogP contribution in [0.25, 0.3) is 32.8 Å². The smallest absolute Gasteiger partial charge is 0.319 e. The molecule has 8 rings (SSSR count). The van der Waals surface area contributed by atoms with Crippen LogP contribution in [0.5, 0.6) is 11.8 Å². The number of hydrogen-bond acceptors (Lipinski definition) is 7. The minimum Gasteiger partial charge on any atom is -0.508 e. The second kappa shape index (κ2) is 10.1. The number of aromatic hydroxyl groups is 1. The number of benzene rings is 3. The van der Waals surface area contributed by atoms with E-state index in [0.717, 1.165) is 32.2 Å². The van der Waals surface area contributed by atoms with Gasteiger partial charge in [-0.2, -0.15) is 9.97 Å². The number of phenolic OH excluding ortho intramolecular Hbond substituents is 1. The van der Waals surface area contributed by atoms with Gasteiger partial charge in [-0.25, -0.2) is 13.2 Å². The fourth-order valence-corrected chi connectivity index (χ4v) is 8.19. The van der Waals surface area contributed by atoms with E-state index in [1.54, 1.807) is 12.1 Å². The Hall–Kier alpha value is -3.34. The van der Waals surface area contributed by atoms with E-state index in [9.17, 15) is 9.50 Å². The average molecular weight is 610 g/mol. The Kier molecular flexibility index (Phi) is 6.40. The monoisotopic (exact) mass is 609 g/mol. The van der Waals surface area contributed by atoms with Gasteiger partial charge in [0.1, 0.15) is 35.7 Å². The van der Waals surface area contributed by atoms with Crippen LogP contribution >= 0.6 is 11.6 Å². The zero-order valence-electron chi connectivity index (χ0n) is 23.4. The molecule has 5 heterocycles. The lowest BCUT2D eigenvalue weighted by Gasteiger charge is -2.34. The van der Waals surface area contributed by atoms with Gasteiger partial charge in [-0.05, 0) is 61.9 Å². The lowest BCUT2D eigenvalue weighted by molar-refractivity contribution is 0.107. The first-order valence-corrected chi connectivity index (χ1v) is 15.3. The number of aromatic nitrogens is 2. The van der Waals surface area contributed by atoms with Crippen molar-refractivity contribution in [3.8, 4) is 22.9 Å². The Balaban J connectivity index is 1.28. The van der Waals surface area contributed by atoms with Crippen molar-refractivity contribution >= 4 is 39.1 Å². The minimum atomic E-state index is -0.909. The average Bonchev–Trinajstić information content (AvgIpc) is 3.62. The largest absolute Gasteiger partial charge is 0.508 e. The topological polar surface area (TPSA) is 73.8 Å². The van der Waals surface area contributed by atoms with Crippen molar-refractivity contribution in [3.05, 3.63) is 53.1 Å². The van der Waals surface area contributed by atoms with Crippen molar-refractivity contribution in [2.75, 3.05) is 37.7 Å². The van der Waals surface area contributed by atoms with Crippen LogP contribution in [-0.2, 0) is 0 Å². The van der Waals surface area contributed by atoms with Crippen LogP contribution < -0.4 is 15.0 Å². The number of nitrogens with zero attached hydrogens (tertiary/aromatic N) is 4. The molecule has 4 fully saturated rings. The number of piperazine rings is 1. The van der Waals surface area contributed by atoms with Crippen LogP contribution in [0.3, 0.4) is 0 Å². The van der Waals surface area contributed by atoms with E-state index < -0.39 is 23.3 Å². The Morgan fingerprint density at radius 2 is 1.91 bits per heavy atom. The molecule has 4 atom stereocenters. The number of alkyl halides is 1. The first-order chi connectivity index (χ1) is 20.8. The molecular weight excluding hydrogens is 579 g/mol. The number of ether oxygens (including phenoxy) is 1. The molecule has 0 spiro atoms. The number of phenols is 1. The molecule has 3 aromatic carbocycles. The highest BCUT2D eigenvalue weighted by molar-refractivity contribution is 6.35. The number of anilines is 1. The van der Waals surface area contributed by atoms with E-state index in [-0.39, 0.29) is 45.4 Å². The summed E-state index contributed by atoms with van der Waals surface area (Å²) in [6.45, 7) is 2.79. The predicted molar refractivity (Wildman–Crippen MR) is 160 cm³/mol. The fourth-order valence-electron chi connectivity index (χ4n) is 7.89. The van der Waals surface area contributed by atoms with Crippen molar-refractivity contribution in [3.63, 3.8) is 0 Å². The third-order valence-electron chi connectivity index (χ3n) is 9.77. The highest BCUT2D eigenvalue weighted by Crippen LogP contribution is 2.44. The van der Waals surface area contributed by atoms with E-state index in [2.05, 4.69) is 20.1 Å². The second-order valence-electron chi connectivity index (χ2n) is 12.5. The molecule has 0 aliphatic carbocycles. The summed E-state index contributed by atoms with van der Waals surface area (Å²) in [5.74, 6) is -0.937. The van der Waals surface area contributed by atoms with Crippen LogP contribution in [0, 0.1) is 11.6 Å². The Morgan fingerprint density at radius 1 is 1.09 bits per heavy atom. The van der Waals surface area contributed by atoms with E-state index in [4.69, 9.17) is 21.3 Å². The third kappa shape index (κ3) is 4.48. The van der Waals surface area contributed by atoms with Gasteiger partial charge < -0.3 is 20.1 Å². The van der Waals surface area contributed by atoms with Gasteiger partial charge in [-0.3, -0.25) is 4.90 Å². The van der Waals surface area contributed by atoms with Crippen LogP contribution in [0.1, 0.15) is 32.1 Å². The number of rotatable bonds is 5. The lowest BCUT2D eigenvalue weighted by Crippen LogP contribution is -2.51. The van der Waals surface area contributed by atoms with Gasteiger partial charge in [0, 0.05) is 60.0 Å². The van der Waals surface area contributed by atoms with Gasteiger partial charge in [-0.15, -0.1) is 0 Å². The maximum Gasteiger partial charge on any atom is 0.319 e. The van der Waals surface area contributed by atoms with Gasteiger partial charge in [0.2, 0.25) is 0 Å². The van der Waals surface area contributed by atoms with Crippen LogP contribution in [0.15, 0.2) is 36.4 Å². The summed E-state index contributed by atoms with van der Waals surface area (Å²) in [4.78, 5) is 13.6. The first-order valence-electron chi connectivity index (χ1n) is 14.9. The van der Waals surface area contributed by atoms with Crippen molar-refractivity contribution in [2.45, 2.75) is 55.9 Å². The summed E-state index contributed by atoms with van der Waals surface area (Å²) in [5.41, 5.74) is -0.365. The maximum absolute atomic E-state index is 16.8. The van der Waals surface area contributed by atoms with Gasteiger partial charge in [0.05, 0.1) is 10.6 Å². The number of halogens is 4. The van der Waals surface area contributed by atoms with E-state index >= 15 is 8.78 Å². The molecule has 224 valence electrons. The molecule has 4 saturated heterocycles. The quantitative estimate of drug-likeness (QED) is 0.288. The Morgan fingerprint density at radius 3 is 2.72 bits per heavy atom. The summed E-state index contributed by atoms with van der Waals surface area (Å²) in [6, 6.07) is 9.43. The molecule has 2 bridgehead atoms. The maximum atomic E-state index is 16.8. The van der Waals surface area contributed by atoms with Gasteiger partial charge in [-0.1, -0.05) is 23.7 Å². The zero-order chi connectivity index (χ0) is 29.5. The molecule has 1 aromatic heterocycles. The number of nitrogens with one attached hydrogen (secondary N) is 1. The van der Waals surface area contributed by atoms with E-state index in [1.807, 2.05) is 0 Å². The third-order valence-corrected chi connectivity index (χ3v) is 10.1. The van der Waals surface area contributed by atoms with Crippen LogP contribution in [-0.4, -0.2) is 76.6 Å². The molecule has 11 heteroatoms. The van der Waals surface area contributed by atoms with Crippen molar-refractivity contribution < 1.29 is 23.0 Å². The molecule has 7 nitrogen and oxygen atoms in total. The molecule has 2 N–H and O–H groups in total. The highest BCUT2D eigenvalue weighted by atomic mass is 35.5. The summed E-state index contributed by atoms with van der Waals surface area (Å²) in [5, 5.41) is 15.1. The molecule has 0 radical (unpaired) electrons. The van der Waals surface area contributed by atoms with Gasteiger partial charge >= 0.3 is 6.01 Å². The second-order valence-corrected chi connectivity index (χ2v) is 12.9. The lowest BCUT2D eigenvalue weighted by atomic mass is 9.95. The molecule has 43 heavy (non-hydrogen) atoms. The van der Waals surface area contributed by atoms with Gasteiger partial charge in [0.25, 0.3) is 0 Å². The molecule has 4 aliphatic heterocycles. The Bertz CT molecular complexity index is 1760. The van der Waals surface area contributed by atoms with Crippen molar-refractivity contribution in [1.82, 2.24) is 20.2 Å². The molecular formula is C32H31ClF3N5O2. The predicted octanol–water partition coefficient (Wildman–Crippen LogP) is 5.98. The summed E-state index contributed by atoms with van der Waals surface area (Å²) in [7, 11) is 0. The van der Waals surface area contributed by atoms with Gasteiger partial charge in [0.15, 0.2) is 5.82 Å². The SMILES string of the molecule is Oc1cc(-c2c(Cl)cc3c(N4CC5CCC(C4)N5)nc(OCC45CCCN4C[C@H](F)C5)nc3c2F)c2c(F)cccc2c1. The summed E-state index contributed by atoms with van der Waals surface area (Å²) < 4.78 is 52.6. The zero-order valence-corrected chi connectivity index (χ0v) is 24.2. The Labute approximate surface area is 251 Å². The molecule has 3 unspecified atom stereocenters.